The Kier molecular flexibility index (Phi) is 4.39. The monoisotopic (exact) mass is 393 g/mol. The van der Waals surface area contributed by atoms with Gasteiger partial charge < -0.3 is 15.5 Å². The summed E-state index contributed by atoms with van der Waals surface area (Å²) in [5, 5.41) is 2.67. The number of nitrogens with one attached hydrogen (secondary N) is 1. The van der Waals surface area contributed by atoms with Gasteiger partial charge >= 0.3 is 5.97 Å². The molecular formula is C21H19N3O3S. The zero-order valence-electron chi connectivity index (χ0n) is 15.7. The number of amidine groups is 1. The first-order chi connectivity index (χ1) is 13.4. The molecule has 0 radical (unpaired) electrons. The number of hydrogen-bond donors (Lipinski definition) is 2. The number of H-pyrrole nitrogens is 1. The van der Waals surface area contributed by atoms with Gasteiger partial charge in [0.1, 0.15) is 10.5 Å². The van der Waals surface area contributed by atoms with E-state index in [-0.39, 0.29) is 11.6 Å². The quantitative estimate of drug-likeness (QED) is 0.314. The molecule has 142 valence electrons. The molecular weight excluding hydrogens is 374 g/mol. The van der Waals surface area contributed by atoms with Crippen molar-refractivity contribution < 1.29 is 9.53 Å². The van der Waals surface area contributed by atoms with E-state index in [0.717, 1.165) is 31.9 Å². The topological polar surface area (TPSA) is 97.5 Å². The van der Waals surface area contributed by atoms with Gasteiger partial charge in [0.25, 0.3) is 5.56 Å². The number of nitrogens with two attached hydrogens (primary N) is 1. The highest BCUT2D eigenvalue weighted by Gasteiger charge is 2.15. The molecule has 2 aromatic heterocycles. The number of pyridine rings is 1. The van der Waals surface area contributed by atoms with Crippen molar-refractivity contribution >= 4 is 54.2 Å². The summed E-state index contributed by atoms with van der Waals surface area (Å²) in [6.07, 6.45) is 0. The van der Waals surface area contributed by atoms with E-state index in [9.17, 15) is 9.59 Å². The molecule has 0 aliphatic carbocycles. The fourth-order valence-electron chi connectivity index (χ4n) is 3.32. The van der Waals surface area contributed by atoms with Crippen molar-refractivity contribution in [3.8, 4) is 0 Å². The second-order valence-corrected chi connectivity index (χ2v) is 7.88. The van der Waals surface area contributed by atoms with E-state index < -0.39 is 5.97 Å². The minimum atomic E-state index is -0.405. The van der Waals surface area contributed by atoms with E-state index in [1.807, 2.05) is 38.1 Å². The van der Waals surface area contributed by atoms with Crippen LogP contribution in [0, 0.1) is 0 Å². The maximum Gasteiger partial charge on any atom is 0.337 e. The minimum absolute atomic E-state index is 0.0880. The largest absolute Gasteiger partial charge is 0.465 e. The lowest BCUT2D eigenvalue weighted by Crippen LogP contribution is -2.16. The lowest BCUT2D eigenvalue weighted by molar-refractivity contribution is 0.0601. The Morgan fingerprint density at radius 1 is 1.14 bits per heavy atom. The first-order valence-corrected chi connectivity index (χ1v) is 9.65. The van der Waals surface area contributed by atoms with Crippen molar-refractivity contribution in [1.82, 2.24) is 4.98 Å². The van der Waals surface area contributed by atoms with Gasteiger partial charge in [-0.05, 0) is 44.2 Å². The minimum Gasteiger partial charge on any atom is -0.465 e. The van der Waals surface area contributed by atoms with Gasteiger partial charge in [-0.25, -0.2) is 4.79 Å². The second-order valence-electron chi connectivity index (χ2n) is 6.83. The van der Waals surface area contributed by atoms with Gasteiger partial charge in [0, 0.05) is 38.0 Å². The van der Waals surface area contributed by atoms with Gasteiger partial charge in [-0.3, -0.25) is 9.79 Å². The molecule has 0 bridgehead atoms. The summed E-state index contributed by atoms with van der Waals surface area (Å²) in [6.45, 7) is 3.93. The Balaban J connectivity index is 2.06. The fraction of sp³-hybridized carbons (Fsp3) is 0.190. The van der Waals surface area contributed by atoms with Crippen molar-refractivity contribution in [3.63, 3.8) is 0 Å². The zero-order valence-corrected chi connectivity index (χ0v) is 16.5. The number of ether oxygens (including phenoxy) is 1. The first-order valence-electron chi connectivity index (χ1n) is 8.83. The van der Waals surface area contributed by atoms with Gasteiger partial charge in [0.05, 0.1) is 12.7 Å². The van der Waals surface area contributed by atoms with Crippen LogP contribution >= 0.6 is 11.3 Å². The molecule has 7 heteroatoms. The number of rotatable bonds is 3. The molecule has 0 unspecified atom stereocenters. The second kappa shape index (κ2) is 6.76. The smallest absolute Gasteiger partial charge is 0.337 e. The van der Waals surface area contributed by atoms with Crippen LogP contribution in [0.5, 0.6) is 0 Å². The molecule has 0 atom stereocenters. The Labute approximate surface area is 164 Å². The third-order valence-electron chi connectivity index (χ3n) is 4.55. The SMILES string of the molecule is COC(=O)c1ccc2c(c1)sc1c(=O)[nH]c3ccc(C(N)=NC(C)C)cc3c12. The molecule has 2 aromatic carbocycles. The van der Waals surface area contributed by atoms with Crippen molar-refractivity contribution in [2.75, 3.05) is 7.11 Å². The van der Waals surface area contributed by atoms with Crippen molar-refractivity contribution in [1.29, 1.82) is 0 Å². The summed E-state index contributed by atoms with van der Waals surface area (Å²) in [4.78, 5) is 31.8. The van der Waals surface area contributed by atoms with Crippen LogP contribution in [0.15, 0.2) is 46.2 Å². The number of benzene rings is 2. The van der Waals surface area contributed by atoms with Crippen LogP contribution < -0.4 is 11.3 Å². The predicted octanol–water partition coefficient (Wildman–Crippen LogP) is 3.80. The highest BCUT2D eigenvalue weighted by Crippen LogP contribution is 2.36. The van der Waals surface area contributed by atoms with Gasteiger partial charge in [0.15, 0.2) is 0 Å². The molecule has 0 spiro atoms. The van der Waals surface area contributed by atoms with Gasteiger partial charge in [-0.2, -0.15) is 0 Å². The van der Waals surface area contributed by atoms with E-state index in [1.54, 1.807) is 12.1 Å². The first kappa shape index (κ1) is 18.2. The van der Waals surface area contributed by atoms with E-state index in [1.165, 1.54) is 18.4 Å². The number of hydrogen-bond acceptors (Lipinski definition) is 5. The van der Waals surface area contributed by atoms with Crippen LogP contribution in [0.4, 0.5) is 0 Å². The van der Waals surface area contributed by atoms with Crippen LogP contribution in [0.25, 0.3) is 31.1 Å². The van der Waals surface area contributed by atoms with Gasteiger partial charge in [-0.1, -0.05) is 6.07 Å². The summed E-state index contributed by atoms with van der Waals surface area (Å²) in [5.41, 5.74) is 7.99. The Morgan fingerprint density at radius 3 is 2.61 bits per heavy atom. The number of nitrogens with zero attached hydrogens (tertiary/aromatic N) is 1. The number of aromatic amines is 1. The maximum atomic E-state index is 12.6. The third-order valence-corrected chi connectivity index (χ3v) is 5.70. The predicted molar refractivity (Wildman–Crippen MR) is 115 cm³/mol. The number of fused-ring (bicyclic) bond motifs is 5. The fourth-order valence-corrected chi connectivity index (χ4v) is 4.47. The summed E-state index contributed by atoms with van der Waals surface area (Å²) < 4.78 is 6.26. The summed E-state index contributed by atoms with van der Waals surface area (Å²) in [7, 11) is 1.35. The number of aromatic nitrogens is 1. The Morgan fingerprint density at radius 2 is 1.89 bits per heavy atom. The van der Waals surface area contributed by atoms with Crippen molar-refractivity contribution in [2.45, 2.75) is 19.9 Å². The number of carbonyl (C=O) groups is 1. The summed E-state index contributed by atoms with van der Waals surface area (Å²) in [6, 6.07) is 11.1. The molecule has 0 amide bonds. The lowest BCUT2D eigenvalue weighted by Gasteiger charge is -2.07. The third kappa shape index (κ3) is 2.93. The van der Waals surface area contributed by atoms with Crippen LogP contribution in [0.3, 0.4) is 0 Å². The Hall–Kier alpha value is -3.19. The lowest BCUT2D eigenvalue weighted by atomic mass is 10.0. The number of thiophene rings is 1. The average Bonchev–Trinajstić information content (AvgIpc) is 3.06. The van der Waals surface area contributed by atoms with Gasteiger partial charge in [0.2, 0.25) is 0 Å². The molecule has 2 heterocycles. The summed E-state index contributed by atoms with van der Waals surface area (Å²) >= 11 is 1.36. The van der Waals surface area contributed by atoms with Gasteiger partial charge in [-0.15, -0.1) is 11.3 Å². The van der Waals surface area contributed by atoms with Crippen LogP contribution in [-0.2, 0) is 4.74 Å². The molecule has 4 aromatic rings. The highest BCUT2D eigenvalue weighted by molar-refractivity contribution is 7.26. The van der Waals surface area contributed by atoms with Crippen molar-refractivity contribution in [2.24, 2.45) is 10.7 Å². The van der Waals surface area contributed by atoms with E-state index >= 15 is 0 Å². The number of methoxy groups -OCH3 is 1. The normalized spacial score (nSPS) is 12.4. The molecule has 3 N–H and O–H groups in total. The van der Waals surface area contributed by atoms with Crippen LogP contribution in [0.1, 0.15) is 29.8 Å². The highest BCUT2D eigenvalue weighted by atomic mass is 32.1. The molecule has 28 heavy (non-hydrogen) atoms. The average molecular weight is 393 g/mol. The molecule has 0 saturated carbocycles. The molecule has 0 aliphatic rings. The molecule has 0 fully saturated rings. The molecule has 4 rings (SSSR count). The number of esters is 1. The van der Waals surface area contributed by atoms with Crippen LogP contribution in [0.2, 0.25) is 0 Å². The van der Waals surface area contributed by atoms with E-state index in [2.05, 4.69) is 9.98 Å². The molecule has 0 aliphatic heterocycles. The maximum absolute atomic E-state index is 12.6. The molecule has 0 saturated heterocycles. The van der Waals surface area contributed by atoms with Crippen molar-refractivity contribution in [3.05, 3.63) is 57.9 Å². The zero-order chi connectivity index (χ0) is 20.0. The van der Waals surface area contributed by atoms with E-state index in [0.29, 0.717) is 16.1 Å². The number of carbonyl (C=O) groups excluding carboxylic acids is 1. The van der Waals surface area contributed by atoms with Crippen LogP contribution in [-0.4, -0.2) is 29.9 Å². The Bertz CT molecular complexity index is 1330. The van der Waals surface area contributed by atoms with E-state index in [4.69, 9.17) is 10.5 Å². The summed E-state index contributed by atoms with van der Waals surface area (Å²) in [5.74, 6) is 0.0573. The number of aliphatic imine (C=N–C) groups is 1. The standard InChI is InChI=1S/C21H19N3O3S/c1-10(2)23-19(22)11-5-7-15-14(8-11)17-13-6-4-12(21(26)27-3)9-16(13)28-18(17)20(25)24-15/h4-10H,1-3H3,(H2,22,23)(H,24,25). The molecule has 6 nitrogen and oxygen atoms in total.